The Morgan fingerprint density at radius 1 is 1.44 bits per heavy atom. The van der Waals surface area contributed by atoms with Crippen LogP contribution in [-0.4, -0.2) is 21.6 Å². The zero-order valence-corrected chi connectivity index (χ0v) is 11.9. The maximum absolute atomic E-state index is 11.8. The number of Topliss-reactive ketones (excluding diaryl/α,β-unsaturated/α-hetero) is 1. The Kier molecular flexibility index (Phi) is 5.54. The molecule has 102 valence electrons. The molecule has 4 heteroatoms. The van der Waals surface area contributed by atoms with Crippen LogP contribution in [0.2, 0.25) is 0 Å². The number of ketones is 1. The van der Waals surface area contributed by atoms with Gasteiger partial charge in [0.25, 0.3) is 0 Å². The Balaban J connectivity index is 2.52. The molecule has 1 aromatic heterocycles. The standard InChI is InChI=1S/C14H25N3O/c1-5-11(4)17-7-6-12(16-17)8-13(18)9-14(15)10(2)3/h6-7,10-11,14H,5,8-9,15H2,1-4H3. The molecule has 1 aromatic rings. The van der Waals surface area contributed by atoms with E-state index in [9.17, 15) is 4.79 Å². The van der Waals surface area contributed by atoms with Gasteiger partial charge in [-0.25, -0.2) is 0 Å². The summed E-state index contributed by atoms with van der Waals surface area (Å²) in [6, 6.07) is 2.26. The van der Waals surface area contributed by atoms with Crippen molar-refractivity contribution >= 4 is 5.78 Å². The van der Waals surface area contributed by atoms with E-state index in [1.165, 1.54) is 0 Å². The minimum Gasteiger partial charge on any atom is -0.327 e. The second-order valence-corrected chi connectivity index (χ2v) is 5.37. The number of aromatic nitrogens is 2. The Bertz CT molecular complexity index is 384. The van der Waals surface area contributed by atoms with Crippen LogP contribution in [0.1, 0.15) is 52.3 Å². The topological polar surface area (TPSA) is 60.9 Å². The van der Waals surface area contributed by atoms with Crippen LogP contribution in [0.5, 0.6) is 0 Å². The van der Waals surface area contributed by atoms with Crippen molar-refractivity contribution in [3.05, 3.63) is 18.0 Å². The SMILES string of the molecule is CCC(C)n1ccc(CC(=O)CC(N)C(C)C)n1. The Hall–Kier alpha value is -1.16. The molecule has 4 nitrogen and oxygen atoms in total. The minimum atomic E-state index is -0.0471. The van der Waals surface area contributed by atoms with Crippen LogP contribution in [0.15, 0.2) is 12.3 Å². The molecular weight excluding hydrogens is 226 g/mol. The van der Waals surface area contributed by atoms with Gasteiger partial charge in [0.2, 0.25) is 0 Å². The lowest BCUT2D eigenvalue weighted by Crippen LogP contribution is -2.29. The van der Waals surface area contributed by atoms with Crippen LogP contribution in [0.4, 0.5) is 0 Å². The molecule has 0 bridgehead atoms. The molecular formula is C14H25N3O. The van der Waals surface area contributed by atoms with E-state index in [0.717, 1.165) is 12.1 Å². The fourth-order valence-electron chi connectivity index (χ4n) is 1.68. The highest BCUT2D eigenvalue weighted by atomic mass is 16.1. The van der Waals surface area contributed by atoms with Crippen LogP contribution >= 0.6 is 0 Å². The first-order valence-electron chi connectivity index (χ1n) is 6.75. The Labute approximate surface area is 110 Å². The highest BCUT2D eigenvalue weighted by Crippen LogP contribution is 2.11. The number of nitrogens with two attached hydrogens (primary N) is 1. The molecule has 0 aliphatic rings. The molecule has 18 heavy (non-hydrogen) atoms. The second kappa shape index (κ2) is 6.69. The predicted molar refractivity (Wildman–Crippen MR) is 73.4 cm³/mol. The summed E-state index contributed by atoms with van der Waals surface area (Å²) in [5, 5.41) is 4.43. The number of rotatable bonds is 7. The smallest absolute Gasteiger partial charge is 0.140 e. The average molecular weight is 251 g/mol. The first kappa shape index (κ1) is 14.9. The molecule has 0 saturated carbocycles. The van der Waals surface area contributed by atoms with Gasteiger partial charge >= 0.3 is 0 Å². The molecule has 2 unspecified atom stereocenters. The van der Waals surface area contributed by atoms with E-state index in [1.54, 1.807) is 0 Å². The highest BCUT2D eigenvalue weighted by molar-refractivity contribution is 5.81. The second-order valence-electron chi connectivity index (χ2n) is 5.37. The minimum absolute atomic E-state index is 0.0471. The van der Waals surface area contributed by atoms with E-state index in [1.807, 2.05) is 30.8 Å². The van der Waals surface area contributed by atoms with Crippen molar-refractivity contribution in [2.45, 2.75) is 59.0 Å². The van der Waals surface area contributed by atoms with Gasteiger partial charge in [-0.2, -0.15) is 5.10 Å². The third-order valence-corrected chi connectivity index (χ3v) is 3.40. The molecule has 0 spiro atoms. The van der Waals surface area contributed by atoms with Crippen molar-refractivity contribution in [2.75, 3.05) is 0 Å². The van der Waals surface area contributed by atoms with Crippen molar-refractivity contribution in [1.82, 2.24) is 9.78 Å². The largest absolute Gasteiger partial charge is 0.327 e. The van der Waals surface area contributed by atoms with Gasteiger partial charge in [-0.05, 0) is 25.3 Å². The van der Waals surface area contributed by atoms with Crippen molar-refractivity contribution < 1.29 is 4.79 Å². The molecule has 2 N–H and O–H groups in total. The van der Waals surface area contributed by atoms with Gasteiger partial charge in [-0.15, -0.1) is 0 Å². The third kappa shape index (κ3) is 4.26. The van der Waals surface area contributed by atoms with Crippen LogP contribution in [0.25, 0.3) is 0 Å². The van der Waals surface area contributed by atoms with E-state index in [4.69, 9.17) is 5.73 Å². The van der Waals surface area contributed by atoms with Crippen molar-refractivity contribution in [2.24, 2.45) is 11.7 Å². The molecule has 0 saturated heterocycles. The Morgan fingerprint density at radius 2 is 2.11 bits per heavy atom. The van der Waals surface area contributed by atoms with E-state index < -0.39 is 0 Å². The maximum Gasteiger partial charge on any atom is 0.140 e. The van der Waals surface area contributed by atoms with Gasteiger partial charge in [-0.1, -0.05) is 20.8 Å². The molecule has 1 rings (SSSR count). The summed E-state index contributed by atoms with van der Waals surface area (Å²) in [6.45, 7) is 8.32. The lowest BCUT2D eigenvalue weighted by molar-refractivity contribution is -0.119. The number of carbonyl (C=O) groups excluding carboxylic acids is 1. The quantitative estimate of drug-likeness (QED) is 0.809. The molecule has 0 aliphatic carbocycles. The predicted octanol–water partition coefficient (Wildman–Crippen LogP) is 2.34. The molecule has 2 atom stereocenters. The summed E-state index contributed by atoms with van der Waals surface area (Å²) in [5.74, 6) is 0.511. The van der Waals surface area contributed by atoms with Crippen LogP contribution in [-0.2, 0) is 11.2 Å². The van der Waals surface area contributed by atoms with Crippen LogP contribution < -0.4 is 5.73 Å². The molecule has 0 aromatic carbocycles. The number of hydrogen-bond donors (Lipinski definition) is 1. The van der Waals surface area contributed by atoms with E-state index in [-0.39, 0.29) is 11.8 Å². The summed E-state index contributed by atoms with van der Waals surface area (Å²) >= 11 is 0. The number of hydrogen-bond acceptors (Lipinski definition) is 3. The normalized spacial score (nSPS) is 14.8. The maximum atomic E-state index is 11.8. The molecule has 1 heterocycles. The van der Waals surface area contributed by atoms with Gasteiger partial charge in [0.15, 0.2) is 0 Å². The van der Waals surface area contributed by atoms with Crippen LogP contribution in [0.3, 0.4) is 0 Å². The van der Waals surface area contributed by atoms with Crippen LogP contribution in [0, 0.1) is 5.92 Å². The first-order valence-corrected chi connectivity index (χ1v) is 6.75. The van der Waals surface area contributed by atoms with Gasteiger partial charge < -0.3 is 5.73 Å². The average Bonchev–Trinajstić information content (AvgIpc) is 2.76. The molecule has 0 amide bonds. The fraction of sp³-hybridized carbons (Fsp3) is 0.714. The summed E-state index contributed by atoms with van der Waals surface area (Å²) in [5.41, 5.74) is 6.74. The number of carbonyl (C=O) groups is 1. The third-order valence-electron chi connectivity index (χ3n) is 3.40. The first-order chi connectivity index (χ1) is 8.43. The fourth-order valence-corrected chi connectivity index (χ4v) is 1.68. The van der Waals surface area contributed by atoms with E-state index in [2.05, 4.69) is 18.9 Å². The summed E-state index contributed by atoms with van der Waals surface area (Å²) in [6.07, 6.45) is 3.81. The summed E-state index contributed by atoms with van der Waals surface area (Å²) in [7, 11) is 0. The zero-order chi connectivity index (χ0) is 13.7. The highest BCUT2D eigenvalue weighted by Gasteiger charge is 2.14. The summed E-state index contributed by atoms with van der Waals surface area (Å²) < 4.78 is 1.92. The van der Waals surface area contributed by atoms with Crippen molar-refractivity contribution in [3.63, 3.8) is 0 Å². The molecule has 0 fully saturated rings. The van der Waals surface area contributed by atoms with E-state index >= 15 is 0 Å². The van der Waals surface area contributed by atoms with Crippen molar-refractivity contribution in [3.8, 4) is 0 Å². The lowest BCUT2D eigenvalue weighted by Gasteiger charge is -2.13. The molecule has 0 aliphatic heterocycles. The summed E-state index contributed by atoms with van der Waals surface area (Å²) in [4.78, 5) is 11.8. The van der Waals surface area contributed by atoms with Gasteiger partial charge in [0.1, 0.15) is 5.78 Å². The van der Waals surface area contributed by atoms with E-state index in [0.29, 0.717) is 24.8 Å². The molecule has 0 radical (unpaired) electrons. The Morgan fingerprint density at radius 3 is 2.67 bits per heavy atom. The van der Waals surface area contributed by atoms with Gasteiger partial charge in [-0.3, -0.25) is 9.48 Å². The number of nitrogens with zero attached hydrogens (tertiary/aromatic N) is 2. The van der Waals surface area contributed by atoms with Gasteiger partial charge in [0, 0.05) is 24.7 Å². The zero-order valence-electron chi connectivity index (χ0n) is 11.9. The monoisotopic (exact) mass is 251 g/mol. The van der Waals surface area contributed by atoms with Crippen molar-refractivity contribution in [1.29, 1.82) is 0 Å². The lowest BCUT2D eigenvalue weighted by atomic mass is 9.98. The van der Waals surface area contributed by atoms with Gasteiger partial charge in [0.05, 0.1) is 12.1 Å².